The molecule has 0 fully saturated rings. The van der Waals surface area contributed by atoms with Crippen molar-refractivity contribution < 1.29 is 9.26 Å². The summed E-state index contributed by atoms with van der Waals surface area (Å²) in [4.78, 5) is 8.77. The van der Waals surface area contributed by atoms with Gasteiger partial charge >= 0.3 is 0 Å². The second-order valence-corrected chi connectivity index (χ2v) is 7.06. The first-order valence-electron chi connectivity index (χ1n) is 10.1. The third-order valence-corrected chi connectivity index (χ3v) is 4.69. The third kappa shape index (κ3) is 6.95. The summed E-state index contributed by atoms with van der Waals surface area (Å²) in [6.45, 7) is 5.38. The minimum atomic E-state index is 0. The minimum absolute atomic E-state index is 0. The molecular formula is C23H30IN5O2. The highest BCUT2D eigenvalue weighted by atomic mass is 127. The number of nitrogens with one attached hydrogen (secondary N) is 2. The van der Waals surface area contributed by atoms with Gasteiger partial charge in [-0.1, -0.05) is 36.3 Å². The van der Waals surface area contributed by atoms with Gasteiger partial charge in [0.05, 0.1) is 7.11 Å². The SMILES string of the molecule is CCCc1noc(-c2cccc(CNC(=NC)NCc3ccc(C)cc3OC)c2)n1.I. The number of aryl methyl sites for hydroxylation is 2. The first-order valence-corrected chi connectivity index (χ1v) is 10.1. The summed E-state index contributed by atoms with van der Waals surface area (Å²) in [5.74, 6) is 2.88. The van der Waals surface area contributed by atoms with Crippen LogP contribution in [0.5, 0.6) is 5.75 Å². The Kier molecular flexibility index (Phi) is 9.77. The van der Waals surface area contributed by atoms with E-state index in [4.69, 9.17) is 9.26 Å². The van der Waals surface area contributed by atoms with Gasteiger partial charge in [0.15, 0.2) is 11.8 Å². The molecule has 0 amide bonds. The van der Waals surface area contributed by atoms with Crippen molar-refractivity contribution in [2.24, 2.45) is 4.99 Å². The van der Waals surface area contributed by atoms with E-state index in [1.165, 1.54) is 5.56 Å². The van der Waals surface area contributed by atoms with Crippen molar-refractivity contribution in [3.8, 4) is 17.2 Å². The number of guanidine groups is 1. The summed E-state index contributed by atoms with van der Waals surface area (Å²) in [7, 11) is 3.44. The molecule has 0 aliphatic rings. The highest BCUT2D eigenvalue weighted by Crippen LogP contribution is 2.20. The summed E-state index contributed by atoms with van der Waals surface area (Å²) in [5.41, 5.74) is 4.25. The molecule has 1 aromatic heterocycles. The van der Waals surface area contributed by atoms with Crippen molar-refractivity contribution in [3.05, 3.63) is 65.0 Å². The Bertz CT molecular complexity index is 1000. The molecule has 0 bridgehead atoms. The fourth-order valence-corrected chi connectivity index (χ4v) is 3.09. The van der Waals surface area contributed by atoms with Crippen LogP contribution in [0.2, 0.25) is 0 Å². The molecule has 31 heavy (non-hydrogen) atoms. The van der Waals surface area contributed by atoms with Crippen molar-refractivity contribution in [3.63, 3.8) is 0 Å². The second-order valence-electron chi connectivity index (χ2n) is 7.06. The number of hydrogen-bond donors (Lipinski definition) is 2. The van der Waals surface area contributed by atoms with E-state index in [2.05, 4.69) is 50.9 Å². The van der Waals surface area contributed by atoms with Gasteiger partial charge in [-0.25, -0.2) is 0 Å². The van der Waals surface area contributed by atoms with Gasteiger partial charge in [-0.05, 0) is 42.7 Å². The van der Waals surface area contributed by atoms with Crippen molar-refractivity contribution in [1.29, 1.82) is 0 Å². The number of aromatic nitrogens is 2. The zero-order chi connectivity index (χ0) is 21.3. The van der Waals surface area contributed by atoms with E-state index in [1.807, 2.05) is 31.2 Å². The standard InChI is InChI=1S/C23H29N5O2.HI/c1-5-7-21-27-22(30-28-21)18-9-6-8-17(13-18)14-25-23(24-3)26-15-19-11-10-16(2)12-20(19)29-4;/h6,8-13H,5,7,14-15H2,1-4H3,(H2,24,25,26);1H. The van der Waals surface area contributed by atoms with Gasteiger partial charge in [0.1, 0.15) is 5.75 Å². The molecule has 0 radical (unpaired) electrons. The van der Waals surface area contributed by atoms with Crippen LogP contribution in [0.4, 0.5) is 0 Å². The molecule has 3 aromatic rings. The summed E-state index contributed by atoms with van der Waals surface area (Å²) < 4.78 is 10.9. The van der Waals surface area contributed by atoms with Crippen molar-refractivity contribution in [1.82, 2.24) is 20.8 Å². The lowest BCUT2D eigenvalue weighted by molar-refractivity contribution is 0.408. The zero-order valence-corrected chi connectivity index (χ0v) is 20.8. The Morgan fingerprint density at radius 2 is 1.94 bits per heavy atom. The zero-order valence-electron chi connectivity index (χ0n) is 18.4. The molecule has 0 aliphatic carbocycles. The molecule has 166 valence electrons. The van der Waals surface area contributed by atoms with Crippen molar-refractivity contribution in [2.45, 2.75) is 39.8 Å². The number of methoxy groups -OCH3 is 1. The van der Waals surface area contributed by atoms with E-state index in [-0.39, 0.29) is 24.0 Å². The number of hydrogen-bond acceptors (Lipinski definition) is 5. The molecule has 8 heteroatoms. The summed E-state index contributed by atoms with van der Waals surface area (Å²) in [6.07, 6.45) is 1.81. The smallest absolute Gasteiger partial charge is 0.257 e. The van der Waals surface area contributed by atoms with Crippen LogP contribution in [-0.2, 0) is 19.5 Å². The first-order chi connectivity index (χ1) is 14.6. The van der Waals surface area contributed by atoms with Crippen LogP contribution >= 0.6 is 24.0 Å². The molecule has 0 saturated carbocycles. The van der Waals surface area contributed by atoms with Gasteiger partial charge in [0.25, 0.3) is 5.89 Å². The van der Waals surface area contributed by atoms with Crippen LogP contribution in [0.25, 0.3) is 11.5 Å². The van der Waals surface area contributed by atoms with E-state index in [1.54, 1.807) is 14.2 Å². The normalized spacial score (nSPS) is 11.0. The fourth-order valence-electron chi connectivity index (χ4n) is 3.09. The average Bonchev–Trinajstić information content (AvgIpc) is 3.24. The van der Waals surface area contributed by atoms with Gasteiger partial charge in [-0.2, -0.15) is 4.98 Å². The van der Waals surface area contributed by atoms with Crippen molar-refractivity contribution in [2.75, 3.05) is 14.2 Å². The van der Waals surface area contributed by atoms with Gasteiger partial charge in [-0.3, -0.25) is 4.99 Å². The molecule has 0 saturated heterocycles. The highest BCUT2D eigenvalue weighted by molar-refractivity contribution is 14.0. The molecule has 0 atom stereocenters. The van der Waals surface area contributed by atoms with Crippen LogP contribution in [0.1, 0.15) is 35.9 Å². The maximum atomic E-state index is 5.47. The summed E-state index contributed by atoms with van der Waals surface area (Å²) in [5, 5.41) is 10.7. The Morgan fingerprint density at radius 1 is 1.13 bits per heavy atom. The second kappa shape index (κ2) is 12.3. The molecule has 0 unspecified atom stereocenters. The molecule has 2 N–H and O–H groups in total. The number of aliphatic imine (C=N–C) groups is 1. The van der Waals surface area contributed by atoms with Crippen molar-refractivity contribution >= 4 is 29.9 Å². The van der Waals surface area contributed by atoms with Gasteiger partial charge < -0.3 is 19.9 Å². The molecule has 1 heterocycles. The highest BCUT2D eigenvalue weighted by Gasteiger charge is 2.09. The molecule has 0 spiro atoms. The minimum Gasteiger partial charge on any atom is -0.496 e. The number of rotatable bonds is 8. The van der Waals surface area contributed by atoms with Crippen LogP contribution in [-0.4, -0.2) is 30.3 Å². The van der Waals surface area contributed by atoms with Crippen LogP contribution < -0.4 is 15.4 Å². The largest absolute Gasteiger partial charge is 0.496 e. The number of benzene rings is 2. The predicted octanol–water partition coefficient (Wildman–Crippen LogP) is 4.49. The fraction of sp³-hybridized carbons (Fsp3) is 0.348. The maximum absolute atomic E-state index is 5.47. The monoisotopic (exact) mass is 535 g/mol. The van der Waals surface area contributed by atoms with Crippen LogP contribution in [0.3, 0.4) is 0 Å². The van der Waals surface area contributed by atoms with Crippen LogP contribution in [0.15, 0.2) is 52.0 Å². The molecule has 7 nitrogen and oxygen atoms in total. The lowest BCUT2D eigenvalue weighted by Gasteiger charge is -2.14. The Labute approximate surface area is 200 Å². The predicted molar refractivity (Wildman–Crippen MR) is 134 cm³/mol. The summed E-state index contributed by atoms with van der Waals surface area (Å²) in [6, 6.07) is 14.2. The Hall–Kier alpha value is -2.62. The number of halogens is 1. The molecule has 3 rings (SSSR count). The number of ether oxygens (including phenoxy) is 1. The third-order valence-electron chi connectivity index (χ3n) is 4.69. The van der Waals surface area contributed by atoms with Gasteiger partial charge in [0.2, 0.25) is 0 Å². The topological polar surface area (TPSA) is 84.6 Å². The first kappa shape index (κ1) is 24.6. The van der Waals surface area contributed by atoms with Crippen LogP contribution in [0, 0.1) is 6.92 Å². The summed E-state index contributed by atoms with van der Waals surface area (Å²) >= 11 is 0. The van der Waals surface area contributed by atoms with E-state index in [0.29, 0.717) is 24.9 Å². The molecular weight excluding hydrogens is 505 g/mol. The quantitative estimate of drug-likeness (QED) is 0.251. The average molecular weight is 535 g/mol. The Balaban J connectivity index is 0.00000341. The van der Waals surface area contributed by atoms with E-state index in [0.717, 1.165) is 41.1 Å². The Morgan fingerprint density at radius 3 is 2.68 bits per heavy atom. The lowest BCUT2D eigenvalue weighted by Crippen LogP contribution is -2.36. The maximum Gasteiger partial charge on any atom is 0.257 e. The molecule has 2 aromatic carbocycles. The number of nitrogens with zero attached hydrogens (tertiary/aromatic N) is 3. The van der Waals surface area contributed by atoms with E-state index < -0.39 is 0 Å². The van der Waals surface area contributed by atoms with E-state index in [9.17, 15) is 0 Å². The van der Waals surface area contributed by atoms with Gasteiger partial charge in [0, 0.05) is 37.7 Å². The lowest BCUT2D eigenvalue weighted by atomic mass is 10.1. The molecule has 0 aliphatic heterocycles. The van der Waals surface area contributed by atoms with Gasteiger partial charge in [-0.15, -0.1) is 24.0 Å². The van der Waals surface area contributed by atoms with E-state index >= 15 is 0 Å².